The van der Waals surface area contributed by atoms with Gasteiger partial charge in [-0.25, -0.2) is 24.9 Å². The lowest BCUT2D eigenvalue weighted by atomic mass is 9.95. The van der Waals surface area contributed by atoms with E-state index >= 15 is 0 Å². The summed E-state index contributed by atoms with van der Waals surface area (Å²) in [7, 11) is 0. The number of pyridine rings is 2. The van der Waals surface area contributed by atoms with Gasteiger partial charge in [0, 0.05) is 44.0 Å². The Bertz CT molecular complexity index is 3250. The molecule has 0 radical (unpaired) electrons. The molecule has 270 valence electrons. The average Bonchev–Trinajstić information content (AvgIpc) is 3.31. The van der Waals surface area contributed by atoms with Crippen LogP contribution in [0.25, 0.3) is 111 Å². The van der Waals surface area contributed by atoms with Crippen molar-refractivity contribution < 1.29 is 0 Å². The summed E-state index contributed by atoms with van der Waals surface area (Å²) in [5, 5.41) is 6.76. The lowest BCUT2D eigenvalue weighted by Crippen LogP contribution is -2.00. The molecule has 3 aromatic heterocycles. The van der Waals surface area contributed by atoms with Crippen LogP contribution in [-0.2, 0) is 0 Å². The van der Waals surface area contributed by atoms with Crippen molar-refractivity contribution in [2.24, 2.45) is 0 Å². The van der Waals surface area contributed by atoms with E-state index in [1.165, 1.54) is 10.8 Å². The molecule has 0 N–H and O–H groups in total. The van der Waals surface area contributed by atoms with E-state index in [0.29, 0.717) is 17.5 Å². The number of rotatable bonds is 6. The van der Waals surface area contributed by atoms with Crippen LogP contribution in [0, 0.1) is 0 Å². The van der Waals surface area contributed by atoms with Gasteiger partial charge < -0.3 is 0 Å². The van der Waals surface area contributed by atoms with Crippen LogP contribution in [0.1, 0.15) is 0 Å². The molecule has 0 aliphatic carbocycles. The Balaban J connectivity index is 1.02. The molecule has 0 saturated carbocycles. The summed E-state index contributed by atoms with van der Waals surface area (Å²) >= 11 is 0. The maximum absolute atomic E-state index is 5.43. The van der Waals surface area contributed by atoms with Crippen molar-refractivity contribution in [2.45, 2.75) is 0 Å². The van der Waals surface area contributed by atoms with Gasteiger partial charge in [-0.3, -0.25) is 0 Å². The van der Waals surface area contributed by atoms with Gasteiger partial charge in [-0.15, -0.1) is 0 Å². The summed E-state index contributed by atoms with van der Waals surface area (Å²) < 4.78 is 0. The first-order valence-electron chi connectivity index (χ1n) is 19.4. The third-order valence-electron chi connectivity index (χ3n) is 10.9. The largest absolute Gasteiger partial charge is 0.247 e. The third kappa shape index (κ3) is 6.03. The first-order chi connectivity index (χ1) is 28.7. The van der Waals surface area contributed by atoms with E-state index in [2.05, 4.69) is 133 Å². The summed E-state index contributed by atoms with van der Waals surface area (Å²) in [5.41, 5.74) is 10.8. The van der Waals surface area contributed by atoms with Crippen molar-refractivity contribution in [1.82, 2.24) is 24.9 Å². The minimum Gasteiger partial charge on any atom is -0.247 e. The molecule has 5 nitrogen and oxygen atoms in total. The Morgan fingerprint density at radius 2 is 0.776 bits per heavy atom. The van der Waals surface area contributed by atoms with Gasteiger partial charge in [-0.2, -0.15) is 0 Å². The Kier molecular flexibility index (Phi) is 8.07. The highest BCUT2D eigenvalue weighted by atomic mass is 15.0. The summed E-state index contributed by atoms with van der Waals surface area (Å²) in [6.07, 6.45) is 0. The zero-order chi connectivity index (χ0) is 38.4. The highest BCUT2D eigenvalue weighted by Gasteiger charge is 2.17. The molecule has 0 saturated heterocycles. The molecule has 0 aliphatic rings. The number of fused-ring (bicyclic) bond motifs is 6. The van der Waals surface area contributed by atoms with E-state index in [1.807, 2.05) is 66.7 Å². The fourth-order valence-electron chi connectivity index (χ4n) is 7.92. The van der Waals surface area contributed by atoms with Crippen LogP contribution in [0.3, 0.4) is 0 Å². The first kappa shape index (κ1) is 33.4. The molecule has 0 aliphatic heterocycles. The second-order valence-electron chi connectivity index (χ2n) is 14.5. The molecule has 0 bridgehead atoms. The molecule has 0 unspecified atom stereocenters. The molecule has 0 spiro atoms. The molecule has 5 heteroatoms. The van der Waals surface area contributed by atoms with Crippen LogP contribution in [0.4, 0.5) is 0 Å². The van der Waals surface area contributed by atoms with Crippen molar-refractivity contribution in [2.75, 3.05) is 0 Å². The van der Waals surface area contributed by atoms with Gasteiger partial charge in [0.15, 0.2) is 17.5 Å². The minimum absolute atomic E-state index is 0.628. The maximum atomic E-state index is 5.43. The lowest BCUT2D eigenvalue weighted by Gasteiger charge is -2.14. The molecule has 8 aromatic carbocycles. The zero-order valence-electron chi connectivity index (χ0n) is 31.3. The number of nitrogens with zero attached hydrogens (tertiary/aromatic N) is 5. The summed E-state index contributed by atoms with van der Waals surface area (Å²) in [5.74, 6) is 1.91. The van der Waals surface area contributed by atoms with Crippen LogP contribution in [0.15, 0.2) is 200 Å². The highest BCUT2D eigenvalue weighted by Crippen LogP contribution is 2.39. The Labute approximate surface area is 335 Å². The lowest BCUT2D eigenvalue weighted by molar-refractivity contribution is 1.07. The minimum atomic E-state index is 0.628. The summed E-state index contributed by atoms with van der Waals surface area (Å²) in [4.78, 5) is 25.5. The Hall–Kier alpha value is -7.89. The van der Waals surface area contributed by atoms with Crippen molar-refractivity contribution in [1.29, 1.82) is 0 Å². The predicted octanol–water partition coefficient (Wildman–Crippen LogP) is 13.3. The smallest absolute Gasteiger partial charge is 0.164 e. The third-order valence-corrected chi connectivity index (χ3v) is 10.9. The van der Waals surface area contributed by atoms with Gasteiger partial charge in [-0.1, -0.05) is 182 Å². The van der Waals surface area contributed by atoms with Gasteiger partial charge in [0.05, 0.1) is 22.4 Å². The SMILES string of the molecule is c1ccc(-c2nc(-c3ccccc3)nc(-c3ccc(-c4ccc5c(c4)nc(-c4ccccc4)c4c5ccc5ccc(-c6ccc7ccccc7c6)nc54)cc3)n2)cc1. The highest BCUT2D eigenvalue weighted by molar-refractivity contribution is 6.20. The van der Waals surface area contributed by atoms with E-state index in [4.69, 9.17) is 24.9 Å². The van der Waals surface area contributed by atoms with Gasteiger partial charge in [0.2, 0.25) is 0 Å². The number of hydrogen-bond donors (Lipinski definition) is 0. The Morgan fingerprint density at radius 1 is 0.276 bits per heavy atom. The van der Waals surface area contributed by atoms with Crippen molar-refractivity contribution in [3.8, 4) is 67.8 Å². The van der Waals surface area contributed by atoms with E-state index in [1.54, 1.807) is 0 Å². The van der Waals surface area contributed by atoms with Gasteiger partial charge in [-0.05, 0) is 45.5 Å². The Morgan fingerprint density at radius 3 is 1.45 bits per heavy atom. The monoisotopic (exact) mass is 739 g/mol. The fraction of sp³-hybridized carbons (Fsp3) is 0. The average molecular weight is 740 g/mol. The molecular formula is C53H33N5. The van der Waals surface area contributed by atoms with Crippen LogP contribution >= 0.6 is 0 Å². The van der Waals surface area contributed by atoms with Crippen LogP contribution in [0.2, 0.25) is 0 Å². The topological polar surface area (TPSA) is 64.5 Å². The van der Waals surface area contributed by atoms with Crippen molar-refractivity contribution in [3.05, 3.63) is 200 Å². The van der Waals surface area contributed by atoms with Crippen molar-refractivity contribution in [3.63, 3.8) is 0 Å². The van der Waals surface area contributed by atoms with E-state index in [0.717, 1.165) is 82.9 Å². The van der Waals surface area contributed by atoms with E-state index < -0.39 is 0 Å². The maximum Gasteiger partial charge on any atom is 0.164 e. The molecule has 58 heavy (non-hydrogen) atoms. The van der Waals surface area contributed by atoms with E-state index in [9.17, 15) is 0 Å². The van der Waals surface area contributed by atoms with E-state index in [-0.39, 0.29) is 0 Å². The number of aromatic nitrogens is 5. The van der Waals surface area contributed by atoms with Gasteiger partial charge in [0.1, 0.15) is 0 Å². The summed E-state index contributed by atoms with van der Waals surface area (Å²) in [6, 6.07) is 69.3. The zero-order valence-corrected chi connectivity index (χ0v) is 31.3. The molecule has 3 heterocycles. The standard InChI is InChI=1S/C53H33N5/c1-4-13-36(14-5-1)49-48-45(30-26-37-28-31-46(54-50(37)48)43-25-22-34-12-10-11-19-41(34)32-43)44-29-27-42(33-47(44)55-49)35-20-23-40(24-21-35)53-57-51(38-15-6-2-7-16-38)56-52(58-53)39-17-8-3-9-18-39/h1-33H. The van der Waals surface area contributed by atoms with Gasteiger partial charge >= 0.3 is 0 Å². The molecule has 11 rings (SSSR count). The van der Waals surface area contributed by atoms with Gasteiger partial charge in [0.25, 0.3) is 0 Å². The second kappa shape index (κ2) is 14.0. The molecule has 0 fully saturated rings. The van der Waals surface area contributed by atoms with Crippen LogP contribution in [0.5, 0.6) is 0 Å². The molecule has 11 aromatic rings. The van der Waals surface area contributed by atoms with Crippen LogP contribution in [-0.4, -0.2) is 24.9 Å². The number of benzene rings is 8. The predicted molar refractivity (Wildman–Crippen MR) is 238 cm³/mol. The number of hydrogen-bond acceptors (Lipinski definition) is 5. The van der Waals surface area contributed by atoms with Crippen LogP contribution < -0.4 is 0 Å². The molecular weight excluding hydrogens is 707 g/mol. The fourth-order valence-corrected chi connectivity index (χ4v) is 7.92. The quantitative estimate of drug-likeness (QED) is 0.159. The van der Waals surface area contributed by atoms with Crippen molar-refractivity contribution >= 4 is 43.4 Å². The molecule has 0 atom stereocenters. The summed E-state index contributed by atoms with van der Waals surface area (Å²) in [6.45, 7) is 0. The first-order valence-corrected chi connectivity index (χ1v) is 19.4. The molecule has 0 amide bonds. The second-order valence-corrected chi connectivity index (χ2v) is 14.5. The normalized spacial score (nSPS) is 11.4.